The predicted octanol–water partition coefficient (Wildman–Crippen LogP) is 0.983. The molecule has 2 aliphatic heterocycles. The Morgan fingerprint density at radius 1 is 1.67 bits per heavy atom. The van der Waals surface area contributed by atoms with Gasteiger partial charge in [0.25, 0.3) is 0 Å². The molecule has 0 aromatic heterocycles. The summed E-state index contributed by atoms with van der Waals surface area (Å²) < 4.78 is 5.52. The SMILES string of the molecule is CSCC12CC(C(=O)O)(CO1)C2. The second kappa shape index (κ2) is 2.39. The van der Waals surface area contributed by atoms with Gasteiger partial charge in [0.15, 0.2) is 0 Å². The van der Waals surface area contributed by atoms with Crippen LogP contribution in [0.25, 0.3) is 0 Å². The summed E-state index contributed by atoms with van der Waals surface area (Å²) in [6.45, 7) is 0.420. The summed E-state index contributed by atoms with van der Waals surface area (Å²) in [5.74, 6) is 0.249. The second-order valence-corrected chi connectivity index (χ2v) is 4.71. The van der Waals surface area contributed by atoms with E-state index in [1.807, 2.05) is 6.26 Å². The van der Waals surface area contributed by atoms with Crippen molar-refractivity contribution >= 4 is 17.7 Å². The lowest BCUT2D eigenvalue weighted by Gasteiger charge is -2.41. The molecule has 0 amide bonds. The Bertz CT molecular complexity index is 220. The third-order valence-corrected chi connectivity index (χ3v) is 3.65. The van der Waals surface area contributed by atoms with Crippen LogP contribution >= 0.6 is 11.8 Å². The van der Waals surface area contributed by atoms with E-state index in [9.17, 15) is 4.79 Å². The van der Waals surface area contributed by atoms with Crippen molar-refractivity contribution < 1.29 is 14.6 Å². The lowest BCUT2D eigenvalue weighted by atomic mass is 9.63. The second-order valence-electron chi connectivity index (χ2n) is 3.84. The first-order valence-electron chi connectivity index (χ1n) is 3.99. The molecule has 0 aromatic rings. The minimum Gasteiger partial charge on any atom is -0.481 e. The van der Waals surface area contributed by atoms with Gasteiger partial charge in [0.2, 0.25) is 0 Å². The standard InChI is InChI=1S/C8H12O3S/c1-12-5-8-2-7(3-8,4-11-8)6(9)10/h2-5H2,1H3,(H,9,10). The number of carbonyl (C=O) groups is 1. The molecule has 3 nitrogen and oxygen atoms in total. The topological polar surface area (TPSA) is 46.5 Å². The molecule has 68 valence electrons. The molecule has 3 fully saturated rings. The van der Waals surface area contributed by atoms with Crippen LogP contribution in [0.1, 0.15) is 12.8 Å². The summed E-state index contributed by atoms with van der Waals surface area (Å²) in [5, 5.41) is 8.91. The predicted molar refractivity (Wildman–Crippen MR) is 46.4 cm³/mol. The van der Waals surface area contributed by atoms with Gasteiger partial charge in [-0.3, -0.25) is 4.79 Å². The molecule has 2 heterocycles. The van der Waals surface area contributed by atoms with E-state index in [0.29, 0.717) is 6.61 Å². The summed E-state index contributed by atoms with van der Waals surface area (Å²) in [5.41, 5.74) is -0.604. The lowest BCUT2D eigenvalue weighted by molar-refractivity contribution is -0.153. The van der Waals surface area contributed by atoms with Gasteiger partial charge in [-0.1, -0.05) is 0 Å². The average Bonchev–Trinajstić information content (AvgIpc) is 2.42. The van der Waals surface area contributed by atoms with E-state index in [2.05, 4.69) is 0 Å². The van der Waals surface area contributed by atoms with E-state index in [1.54, 1.807) is 11.8 Å². The number of carboxylic acids is 1. The lowest BCUT2D eigenvalue weighted by Crippen LogP contribution is -2.50. The zero-order chi connectivity index (χ0) is 8.82. The van der Waals surface area contributed by atoms with Crippen LogP contribution in [-0.2, 0) is 9.53 Å². The molecule has 0 radical (unpaired) electrons. The van der Waals surface area contributed by atoms with Crippen LogP contribution in [0.15, 0.2) is 0 Å². The third-order valence-electron chi connectivity index (χ3n) is 2.84. The maximum atomic E-state index is 10.8. The van der Waals surface area contributed by atoms with Gasteiger partial charge in [-0.05, 0) is 19.1 Å². The van der Waals surface area contributed by atoms with Crippen LogP contribution < -0.4 is 0 Å². The van der Waals surface area contributed by atoms with Crippen molar-refractivity contribution in [3.63, 3.8) is 0 Å². The van der Waals surface area contributed by atoms with Crippen molar-refractivity contribution in [2.45, 2.75) is 18.4 Å². The van der Waals surface area contributed by atoms with Gasteiger partial charge in [0, 0.05) is 5.75 Å². The zero-order valence-corrected chi connectivity index (χ0v) is 7.82. The molecule has 3 rings (SSSR count). The van der Waals surface area contributed by atoms with Gasteiger partial charge in [-0.25, -0.2) is 0 Å². The molecule has 0 atom stereocenters. The molecule has 2 saturated heterocycles. The minimum absolute atomic E-state index is 0.0855. The quantitative estimate of drug-likeness (QED) is 0.717. The molecule has 0 unspecified atom stereocenters. The van der Waals surface area contributed by atoms with Crippen molar-refractivity contribution in [2.24, 2.45) is 5.41 Å². The van der Waals surface area contributed by atoms with E-state index < -0.39 is 11.4 Å². The van der Waals surface area contributed by atoms with Crippen LogP contribution in [0.5, 0.6) is 0 Å². The minimum atomic E-state index is -0.684. The highest BCUT2D eigenvalue weighted by Gasteiger charge is 2.66. The van der Waals surface area contributed by atoms with Gasteiger partial charge in [0.05, 0.1) is 17.6 Å². The highest BCUT2D eigenvalue weighted by atomic mass is 32.2. The first-order valence-corrected chi connectivity index (χ1v) is 5.38. The fourth-order valence-electron chi connectivity index (χ4n) is 2.30. The number of aliphatic carboxylic acids is 1. The van der Waals surface area contributed by atoms with E-state index in [1.165, 1.54) is 0 Å². The van der Waals surface area contributed by atoms with Gasteiger partial charge in [-0.15, -0.1) is 0 Å². The summed E-state index contributed by atoms with van der Waals surface area (Å²) in [6.07, 6.45) is 3.46. The monoisotopic (exact) mass is 188 g/mol. The van der Waals surface area contributed by atoms with Gasteiger partial charge >= 0.3 is 5.97 Å². The van der Waals surface area contributed by atoms with Crippen LogP contribution in [-0.4, -0.2) is 35.3 Å². The average molecular weight is 188 g/mol. The smallest absolute Gasteiger partial charge is 0.312 e. The Morgan fingerprint density at radius 3 is 2.75 bits per heavy atom. The summed E-state index contributed by atoms with van der Waals surface area (Å²) in [4.78, 5) is 10.8. The Kier molecular flexibility index (Phi) is 1.67. The van der Waals surface area contributed by atoms with Crippen LogP contribution in [0, 0.1) is 5.41 Å². The Hall–Kier alpha value is -0.220. The van der Waals surface area contributed by atoms with Crippen LogP contribution in [0.2, 0.25) is 0 Å². The van der Waals surface area contributed by atoms with Gasteiger partial charge in [-0.2, -0.15) is 11.8 Å². The van der Waals surface area contributed by atoms with Crippen molar-refractivity contribution in [1.29, 1.82) is 0 Å². The first-order chi connectivity index (χ1) is 5.63. The molecular weight excluding hydrogens is 176 g/mol. The highest BCUT2D eigenvalue weighted by Crippen LogP contribution is 2.58. The number of carboxylic acid groups (broad SMARTS) is 1. The summed E-state index contributed by atoms with van der Waals surface area (Å²) in [7, 11) is 0. The van der Waals surface area contributed by atoms with Crippen molar-refractivity contribution in [3.05, 3.63) is 0 Å². The molecule has 0 aromatic carbocycles. The zero-order valence-electron chi connectivity index (χ0n) is 7.00. The molecule has 0 spiro atoms. The van der Waals surface area contributed by atoms with Gasteiger partial charge < -0.3 is 9.84 Å². The van der Waals surface area contributed by atoms with E-state index in [0.717, 1.165) is 18.6 Å². The van der Waals surface area contributed by atoms with Crippen molar-refractivity contribution in [1.82, 2.24) is 0 Å². The third kappa shape index (κ3) is 0.910. The number of ether oxygens (including phenoxy) is 1. The first kappa shape index (κ1) is 8.38. The largest absolute Gasteiger partial charge is 0.481 e. The number of hydrogen-bond acceptors (Lipinski definition) is 3. The normalized spacial score (nSPS) is 44.1. The number of fused-ring (bicyclic) bond motifs is 1. The fraction of sp³-hybridized carbons (Fsp3) is 0.875. The molecule has 4 heteroatoms. The molecule has 1 N–H and O–H groups in total. The maximum absolute atomic E-state index is 10.8. The van der Waals surface area contributed by atoms with Crippen molar-refractivity contribution in [3.8, 4) is 0 Å². The van der Waals surface area contributed by atoms with E-state index in [-0.39, 0.29) is 5.60 Å². The van der Waals surface area contributed by atoms with Crippen LogP contribution in [0.4, 0.5) is 0 Å². The Labute approximate surface area is 75.5 Å². The fourth-order valence-corrected chi connectivity index (χ4v) is 3.11. The van der Waals surface area contributed by atoms with Crippen molar-refractivity contribution in [2.75, 3.05) is 18.6 Å². The summed E-state index contributed by atoms with van der Waals surface area (Å²) >= 11 is 1.73. The molecule has 1 aliphatic carbocycles. The number of hydrogen-bond donors (Lipinski definition) is 1. The van der Waals surface area contributed by atoms with E-state index in [4.69, 9.17) is 9.84 Å². The molecule has 3 aliphatic rings. The van der Waals surface area contributed by atoms with E-state index >= 15 is 0 Å². The molecule has 1 saturated carbocycles. The summed E-state index contributed by atoms with van der Waals surface area (Å²) in [6, 6.07) is 0. The Balaban J connectivity index is 2.05. The molecular formula is C8H12O3S. The Morgan fingerprint density at radius 2 is 2.33 bits per heavy atom. The molecule has 12 heavy (non-hydrogen) atoms. The van der Waals surface area contributed by atoms with Gasteiger partial charge in [0.1, 0.15) is 0 Å². The van der Waals surface area contributed by atoms with Crippen LogP contribution in [0.3, 0.4) is 0 Å². The number of thioether (sulfide) groups is 1. The maximum Gasteiger partial charge on any atom is 0.312 e. The molecule has 2 bridgehead atoms. The highest BCUT2D eigenvalue weighted by molar-refractivity contribution is 7.98. The number of rotatable bonds is 3.